The zero-order chi connectivity index (χ0) is 38.5. The Bertz CT molecular complexity index is 3000. The smallest absolute Gasteiger partial charge is 0.141 e. The number of rotatable bonds is 8. The second-order valence-corrected chi connectivity index (χ2v) is 14.7. The number of nitrogens with zero attached hydrogens (tertiary/aromatic N) is 3. The highest BCUT2D eigenvalue weighted by Crippen LogP contribution is 2.58. The van der Waals surface area contributed by atoms with Gasteiger partial charge in [0.15, 0.2) is 0 Å². The number of para-hydroxylation sites is 3. The highest BCUT2D eigenvalue weighted by Gasteiger charge is 2.47. The molecule has 0 atom stereocenters. The molecule has 0 amide bonds. The summed E-state index contributed by atoms with van der Waals surface area (Å²) in [6.07, 6.45) is 6.50. The number of pyridine rings is 1. The molecule has 57 heavy (non-hydrogen) atoms. The molecule has 1 aliphatic rings. The van der Waals surface area contributed by atoms with Crippen LogP contribution in [-0.4, -0.2) is 14.5 Å². The summed E-state index contributed by atoms with van der Waals surface area (Å²) in [5.74, 6) is 0.997. The second kappa shape index (κ2) is 13.9. The van der Waals surface area contributed by atoms with E-state index in [0.717, 1.165) is 73.2 Å². The lowest BCUT2D eigenvalue weighted by molar-refractivity contribution is 0.762. The zero-order valence-electron chi connectivity index (χ0n) is 32.2. The van der Waals surface area contributed by atoms with Crippen LogP contribution in [0, 0.1) is 0 Å². The zero-order valence-corrected chi connectivity index (χ0v) is 32.2. The van der Waals surface area contributed by atoms with Crippen molar-refractivity contribution in [1.29, 1.82) is 0 Å². The van der Waals surface area contributed by atoms with Crippen molar-refractivity contribution in [3.05, 3.63) is 222 Å². The van der Waals surface area contributed by atoms with Crippen molar-refractivity contribution in [1.82, 2.24) is 14.5 Å². The van der Waals surface area contributed by atoms with E-state index in [-0.39, 0.29) is 0 Å². The van der Waals surface area contributed by atoms with Gasteiger partial charge < -0.3 is 4.57 Å². The minimum absolute atomic E-state index is 0.554. The lowest BCUT2D eigenvalue weighted by Gasteiger charge is -2.35. The highest BCUT2D eigenvalue weighted by atomic mass is 15.1. The molecule has 3 heteroatoms. The average molecular weight is 732 g/mol. The number of hydrogen-bond acceptors (Lipinski definition) is 2. The van der Waals surface area contributed by atoms with Gasteiger partial charge in [0, 0.05) is 28.4 Å². The molecule has 2 heterocycles. The minimum Gasteiger partial charge on any atom is -0.324 e. The van der Waals surface area contributed by atoms with Gasteiger partial charge in [-0.25, -0.2) is 9.97 Å². The number of fused-ring (bicyclic) bond motifs is 6. The van der Waals surface area contributed by atoms with Crippen LogP contribution in [-0.2, 0) is 12.0 Å². The quantitative estimate of drug-likeness (QED) is 0.146. The molecule has 0 saturated carbocycles. The second-order valence-electron chi connectivity index (χ2n) is 14.7. The van der Waals surface area contributed by atoms with Crippen molar-refractivity contribution in [3.8, 4) is 33.8 Å². The van der Waals surface area contributed by atoms with Crippen LogP contribution >= 0.6 is 0 Å². The van der Waals surface area contributed by atoms with Crippen molar-refractivity contribution in [2.24, 2.45) is 0 Å². The Morgan fingerprint density at radius 2 is 1.16 bits per heavy atom. The summed E-state index contributed by atoms with van der Waals surface area (Å²) in [7, 11) is 0. The molecule has 0 aliphatic heterocycles. The maximum atomic E-state index is 5.48. The number of hydrogen-bond donors (Lipinski definition) is 0. The summed E-state index contributed by atoms with van der Waals surface area (Å²) >= 11 is 0. The lowest BCUT2D eigenvalue weighted by atomic mass is 9.66. The fourth-order valence-electron chi connectivity index (χ4n) is 9.34. The SMILES string of the molecule is C=CC1=C(/C=C\C)C(c2ccccc2)(c2ccccc2)c2ccc3c(c(-c4ccc(-c5ccc(-c6nc7ccccc7n6CC)cc5)cc4)nc4ccccc43)c21. The van der Waals surface area contributed by atoms with Crippen LogP contribution in [0.5, 0.6) is 0 Å². The fourth-order valence-corrected chi connectivity index (χ4v) is 9.34. The van der Waals surface area contributed by atoms with E-state index in [1.807, 2.05) is 6.07 Å². The Balaban J connectivity index is 1.17. The molecular weight excluding hydrogens is 691 g/mol. The molecule has 0 radical (unpaired) electrons. The van der Waals surface area contributed by atoms with Gasteiger partial charge >= 0.3 is 0 Å². The van der Waals surface area contributed by atoms with Crippen LogP contribution in [0.4, 0.5) is 0 Å². The van der Waals surface area contributed by atoms with Crippen LogP contribution in [0.15, 0.2) is 200 Å². The van der Waals surface area contributed by atoms with Gasteiger partial charge in [-0.3, -0.25) is 0 Å². The van der Waals surface area contributed by atoms with Crippen molar-refractivity contribution >= 4 is 38.3 Å². The van der Waals surface area contributed by atoms with Crippen LogP contribution in [0.1, 0.15) is 36.1 Å². The monoisotopic (exact) mass is 731 g/mol. The topological polar surface area (TPSA) is 30.7 Å². The Morgan fingerprint density at radius 3 is 1.79 bits per heavy atom. The number of benzene rings is 7. The van der Waals surface area contributed by atoms with Gasteiger partial charge in [0.05, 0.1) is 27.7 Å². The molecule has 10 rings (SSSR count). The normalized spacial score (nSPS) is 13.6. The first-order chi connectivity index (χ1) is 28.1. The van der Waals surface area contributed by atoms with E-state index >= 15 is 0 Å². The Hall–Kier alpha value is -7.10. The molecular formula is C54H41N3. The molecule has 0 N–H and O–H groups in total. The summed E-state index contributed by atoms with van der Waals surface area (Å²) < 4.78 is 2.29. The van der Waals surface area contributed by atoms with Crippen LogP contribution < -0.4 is 0 Å². The van der Waals surface area contributed by atoms with Gasteiger partial charge in [0.2, 0.25) is 0 Å². The number of aryl methyl sites for hydroxylation is 1. The molecule has 0 unspecified atom stereocenters. The lowest BCUT2D eigenvalue weighted by Crippen LogP contribution is -2.29. The largest absolute Gasteiger partial charge is 0.324 e. The summed E-state index contributed by atoms with van der Waals surface area (Å²) in [4.78, 5) is 10.5. The van der Waals surface area contributed by atoms with Crippen molar-refractivity contribution < 1.29 is 0 Å². The van der Waals surface area contributed by atoms with E-state index in [0.29, 0.717) is 0 Å². The molecule has 0 spiro atoms. The van der Waals surface area contributed by atoms with E-state index in [1.165, 1.54) is 33.2 Å². The fraction of sp³-hybridized carbons (Fsp3) is 0.0741. The Kier molecular flexibility index (Phi) is 8.38. The van der Waals surface area contributed by atoms with Crippen LogP contribution in [0.25, 0.3) is 72.1 Å². The van der Waals surface area contributed by atoms with Crippen molar-refractivity contribution in [3.63, 3.8) is 0 Å². The molecule has 272 valence electrons. The summed E-state index contributed by atoms with van der Waals surface area (Å²) in [5, 5.41) is 3.47. The molecule has 0 bridgehead atoms. The Morgan fingerprint density at radius 1 is 0.579 bits per heavy atom. The van der Waals surface area contributed by atoms with Crippen LogP contribution in [0.2, 0.25) is 0 Å². The average Bonchev–Trinajstić information content (AvgIpc) is 3.80. The first-order valence-electron chi connectivity index (χ1n) is 19.8. The molecule has 3 nitrogen and oxygen atoms in total. The number of allylic oxidation sites excluding steroid dienone is 5. The maximum Gasteiger partial charge on any atom is 0.141 e. The predicted octanol–water partition coefficient (Wildman–Crippen LogP) is 13.6. The summed E-state index contributed by atoms with van der Waals surface area (Å²) in [6.45, 7) is 9.61. The summed E-state index contributed by atoms with van der Waals surface area (Å²) in [5.41, 5.74) is 15.3. The number of imidazole rings is 1. The van der Waals surface area contributed by atoms with Gasteiger partial charge in [-0.05, 0) is 82.0 Å². The van der Waals surface area contributed by atoms with E-state index in [4.69, 9.17) is 9.97 Å². The first-order valence-corrected chi connectivity index (χ1v) is 19.8. The third-order valence-electron chi connectivity index (χ3n) is 11.8. The van der Waals surface area contributed by atoms with Gasteiger partial charge in [-0.15, -0.1) is 0 Å². The third kappa shape index (κ3) is 5.27. The van der Waals surface area contributed by atoms with E-state index in [2.05, 4.69) is 207 Å². The van der Waals surface area contributed by atoms with Gasteiger partial charge in [0.25, 0.3) is 0 Å². The highest BCUT2D eigenvalue weighted by molar-refractivity contribution is 6.17. The van der Waals surface area contributed by atoms with Gasteiger partial charge in [-0.2, -0.15) is 0 Å². The predicted molar refractivity (Wildman–Crippen MR) is 239 cm³/mol. The van der Waals surface area contributed by atoms with Gasteiger partial charge in [-0.1, -0.05) is 176 Å². The van der Waals surface area contributed by atoms with Crippen molar-refractivity contribution in [2.75, 3.05) is 0 Å². The number of aromatic nitrogens is 3. The Labute approximate surface area is 333 Å². The molecule has 1 aliphatic carbocycles. The van der Waals surface area contributed by atoms with Crippen LogP contribution in [0.3, 0.4) is 0 Å². The maximum absolute atomic E-state index is 5.48. The molecule has 0 saturated heterocycles. The molecule has 0 fully saturated rings. The molecule has 7 aromatic carbocycles. The molecule has 2 aromatic heterocycles. The van der Waals surface area contributed by atoms with E-state index in [1.54, 1.807) is 0 Å². The molecule has 9 aromatic rings. The standard InChI is InChI=1S/C54H41N3/c1-4-17-45-42(5-2)50-46(54(45,40-18-9-7-10-19-40)41-20-11-8-12-21-41)35-34-44-43-22-13-14-23-47(43)55-52(51(44)50)38-30-26-36(27-31-38)37-28-32-39(33-29-37)53-56-48-24-15-16-25-49(48)57(53)6-3/h4-5,7-35H,2,6H2,1,3H3/b17-4-. The third-order valence-corrected chi connectivity index (χ3v) is 11.8. The van der Waals surface area contributed by atoms with E-state index < -0.39 is 5.41 Å². The van der Waals surface area contributed by atoms with Gasteiger partial charge in [0.1, 0.15) is 5.82 Å². The summed E-state index contributed by atoms with van der Waals surface area (Å²) in [6, 6.07) is 61.1. The van der Waals surface area contributed by atoms with Crippen molar-refractivity contribution in [2.45, 2.75) is 25.8 Å². The minimum atomic E-state index is -0.554. The van der Waals surface area contributed by atoms with E-state index in [9.17, 15) is 0 Å². The first kappa shape index (κ1) is 34.4.